The van der Waals surface area contributed by atoms with Gasteiger partial charge in [0.25, 0.3) is 0 Å². The Morgan fingerprint density at radius 1 is 1.00 bits per heavy atom. The molecule has 0 saturated heterocycles. The molecule has 0 bridgehead atoms. The lowest BCUT2D eigenvalue weighted by molar-refractivity contribution is -0.151. The Balaban J connectivity index is 4.29. The van der Waals surface area contributed by atoms with Gasteiger partial charge in [0.15, 0.2) is 0 Å². The van der Waals surface area contributed by atoms with E-state index in [-0.39, 0.29) is 5.92 Å². The van der Waals surface area contributed by atoms with Crippen molar-refractivity contribution < 1.29 is 19.8 Å². The standard InChI is InChI=1S/C17H32O4/c1-5-6-7-8-9-10-11-14(15(18)19)13(2)12-17(3,4)16(20)21/h13-14H,5-12H2,1-4H3,(H,18,19)(H,20,21). The second-order valence-corrected chi connectivity index (χ2v) is 6.87. The summed E-state index contributed by atoms with van der Waals surface area (Å²) in [7, 11) is 0. The van der Waals surface area contributed by atoms with Gasteiger partial charge < -0.3 is 10.2 Å². The van der Waals surface area contributed by atoms with Crippen LogP contribution in [0.1, 0.15) is 79.1 Å². The molecular weight excluding hydrogens is 268 g/mol. The SMILES string of the molecule is CCCCCCCCC(C(=O)O)C(C)CC(C)(C)C(=O)O. The minimum absolute atomic E-state index is 0.121. The summed E-state index contributed by atoms with van der Waals surface area (Å²) >= 11 is 0. The highest BCUT2D eigenvalue weighted by Crippen LogP contribution is 2.32. The fraction of sp³-hybridized carbons (Fsp3) is 0.882. The molecule has 2 N–H and O–H groups in total. The van der Waals surface area contributed by atoms with E-state index in [1.807, 2.05) is 6.92 Å². The van der Waals surface area contributed by atoms with Gasteiger partial charge in [0.1, 0.15) is 0 Å². The van der Waals surface area contributed by atoms with Crippen LogP contribution in [0.15, 0.2) is 0 Å². The number of unbranched alkanes of at least 4 members (excludes halogenated alkanes) is 5. The van der Waals surface area contributed by atoms with Crippen LogP contribution >= 0.6 is 0 Å². The van der Waals surface area contributed by atoms with Crippen LogP contribution in [0.2, 0.25) is 0 Å². The molecule has 4 heteroatoms. The van der Waals surface area contributed by atoms with Crippen molar-refractivity contribution in [2.75, 3.05) is 0 Å². The van der Waals surface area contributed by atoms with Gasteiger partial charge in [-0.3, -0.25) is 9.59 Å². The van der Waals surface area contributed by atoms with Gasteiger partial charge in [-0.25, -0.2) is 0 Å². The molecule has 0 aliphatic rings. The lowest BCUT2D eigenvalue weighted by atomic mass is 9.77. The van der Waals surface area contributed by atoms with Gasteiger partial charge in [0.05, 0.1) is 11.3 Å². The predicted octanol–water partition coefficient (Wildman–Crippen LogP) is 4.57. The number of hydrogen-bond acceptors (Lipinski definition) is 2. The Hall–Kier alpha value is -1.06. The van der Waals surface area contributed by atoms with Gasteiger partial charge >= 0.3 is 11.9 Å². The van der Waals surface area contributed by atoms with E-state index in [2.05, 4.69) is 6.92 Å². The van der Waals surface area contributed by atoms with Crippen LogP contribution in [-0.4, -0.2) is 22.2 Å². The summed E-state index contributed by atoms with van der Waals surface area (Å²) in [6.45, 7) is 7.36. The molecule has 0 heterocycles. The molecule has 0 aliphatic heterocycles. The molecule has 0 radical (unpaired) electrons. The zero-order chi connectivity index (χ0) is 16.5. The maximum absolute atomic E-state index is 11.4. The Kier molecular flexibility index (Phi) is 9.31. The summed E-state index contributed by atoms with van der Waals surface area (Å²) in [5.41, 5.74) is -0.867. The monoisotopic (exact) mass is 300 g/mol. The number of aliphatic carboxylic acids is 2. The number of carboxylic acids is 2. The third-order valence-corrected chi connectivity index (χ3v) is 4.28. The van der Waals surface area contributed by atoms with Crippen molar-refractivity contribution in [3.05, 3.63) is 0 Å². The van der Waals surface area contributed by atoms with Crippen LogP contribution in [0.5, 0.6) is 0 Å². The summed E-state index contributed by atoms with van der Waals surface area (Å²) in [4.78, 5) is 22.6. The molecule has 124 valence electrons. The molecule has 0 saturated carbocycles. The molecule has 0 spiro atoms. The number of rotatable bonds is 12. The van der Waals surface area contributed by atoms with Gasteiger partial charge in [-0.15, -0.1) is 0 Å². The number of carbonyl (C=O) groups is 2. The van der Waals surface area contributed by atoms with Gasteiger partial charge in [-0.05, 0) is 32.6 Å². The van der Waals surface area contributed by atoms with Crippen molar-refractivity contribution in [1.82, 2.24) is 0 Å². The molecule has 0 aromatic carbocycles. The Labute approximate surface area is 128 Å². The van der Waals surface area contributed by atoms with E-state index in [4.69, 9.17) is 5.11 Å². The van der Waals surface area contributed by atoms with Crippen LogP contribution in [-0.2, 0) is 9.59 Å². The molecule has 0 aromatic rings. The van der Waals surface area contributed by atoms with Crippen LogP contribution in [0.3, 0.4) is 0 Å². The van der Waals surface area contributed by atoms with Crippen LogP contribution in [0.4, 0.5) is 0 Å². The molecule has 0 amide bonds. The van der Waals surface area contributed by atoms with Crippen molar-refractivity contribution in [1.29, 1.82) is 0 Å². The maximum atomic E-state index is 11.4. The number of carboxylic acid groups (broad SMARTS) is 2. The van der Waals surface area contributed by atoms with Gasteiger partial charge in [-0.1, -0.05) is 52.4 Å². The first-order valence-electron chi connectivity index (χ1n) is 8.18. The largest absolute Gasteiger partial charge is 0.481 e. The summed E-state index contributed by atoms with van der Waals surface area (Å²) < 4.78 is 0. The van der Waals surface area contributed by atoms with Crippen molar-refractivity contribution in [3.8, 4) is 0 Å². The van der Waals surface area contributed by atoms with Crippen LogP contribution < -0.4 is 0 Å². The minimum atomic E-state index is -0.867. The lowest BCUT2D eigenvalue weighted by Crippen LogP contribution is -2.31. The summed E-state index contributed by atoms with van der Waals surface area (Å²) in [6, 6.07) is 0. The van der Waals surface area contributed by atoms with Crippen LogP contribution in [0.25, 0.3) is 0 Å². The molecule has 0 aromatic heterocycles. The van der Waals surface area contributed by atoms with Crippen molar-refractivity contribution in [2.45, 2.75) is 79.1 Å². The highest BCUT2D eigenvalue weighted by atomic mass is 16.4. The number of hydrogen-bond donors (Lipinski definition) is 2. The first kappa shape index (κ1) is 19.9. The third-order valence-electron chi connectivity index (χ3n) is 4.28. The molecule has 0 fully saturated rings. The molecule has 21 heavy (non-hydrogen) atoms. The van der Waals surface area contributed by atoms with E-state index in [0.717, 1.165) is 19.3 Å². The smallest absolute Gasteiger partial charge is 0.309 e. The van der Waals surface area contributed by atoms with Gasteiger partial charge in [-0.2, -0.15) is 0 Å². The quantitative estimate of drug-likeness (QED) is 0.517. The van der Waals surface area contributed by atoms with E-state index in [9.17, 15) is 14.7 Å². The molecule has 2 unspecified atom stereocenters. The Bertz CT molecular complexity index is 323. The first-order valence-corrected chi connectivity index (χ1v) is 8.18. The summed E-state index contributed by atoms with van der Waals surface area (Å²) in [5, 5.41) is 18.5. The second kappa shape index (κ2) is 9.80. The molecule has 4 nitrogen and oxygen atoms in total. The van der Waals surface area contributed by atoms with E-state index in [0.29, 0.717) is 12.8 Å². The van der Waals surface area contributed by atoms with Crippen molar-refractivity contribution in [2.24, 2.45) is 17.3 Å². The average molecular weight is 300 g/mol. The Morgan fingerprint density at radius 2 is 1.52 bits per heavy atom. The topological polar surface area (TPSA) is 74.6 Å². The lowest BCUT2D eigenvalue weighted by Gasteiger charge is -2.27. The molecule has 0 rings (SSSR count). The molecular formula is C17H32O4. The minimum Gasteiger partial charge on any atom is -0.481 e. The highest BCUT2D eigenvalue weighted by molar-refractivity contribution is 5.74. The predicted molar refractivity (Wildman–Crippen MR) is 84.3 cm³/mol. The van der Waals surface area contributed by atoms with E-state index in [1.54, 1.807) is 13.8 Å². The van der Waals surface area contributed by atoms with Crippen LogP contribution in [0, 0.1) is 17.3 Å². The average Bonchev–Trinajstić information content (AvgIpc) is 2.36. The fourth-order valence-electron chi connectivity index (χ4n) is 2.83. The van der Waals surface area contributed by atoms with Gasteiger partial charge in [0, 0.05) is 0 Å². The third kappa shape index (κ3) is 8.08. The van der Waals surface area contributed by atoms with E-state index >= 15 is 0 Å². The fourth-order valence-corrected chi connectivity index (χ4v) is 2.83. The second-order valence-electron chi connectivity index (χ2n) is 6.87. The normalized spacial score (nSPS) is 14.7. The summed E-state index contributed by atoms with van der Waals surface area (Å²) in [5.74, 6) is -2.21. The maximum Gasteiger partial charge on any atom is 0.309 e. The zero-order valence-electron chi connectivity index (χ0n) is 14.0. The van der Waals surface area contributed by atoms with Crippen molar-refractivity contribution >= 4 is 11.9 Å². The molecule has 2 atom stereocenters. The summed E-state index contributed by atoms with van der Waals surface area (Å²) in [6.07, 6.45) is 7.86. The highest BCUT2D eigenvalue weighted by Gasteiger charge is 2.34. The first-order chi connectivity index (χ1) is 9.72. The van der Waals surface area contributed by atoms with E-state index < -0.39 is 23.3 Å². The van der Waals surface area contributed by atoms with E-state index in [1.165, 1.54) is 19.3 Å². The zero-order valence-corrected chi connectivity index (χ0v) is 14.0. The molecule has 0 aliphatic carbocycles. The van der Waals surface area contributed by atoms with Gasteiger partial charge in [0.2, 0.25) is 0 Å². The van der Waals surface area contributed by atoms with Crippen molar-refractivity contribution in [3.63, 3.8) is 0 Å². The Morgan fingerprint density at radius 3 is 2.00 bits per heavy atom.